The van der Waals surface area contributed by atoms with Crippen LogP contribution in [0.2, 0.25) is 0 Å². The van der Waals surface area contributed by atoms with Crippen LogP contribution in [-0.2, 0) is 0 Å². The summed E-state index contributed by atoms with van der Waals surface area (Å²) in [4.78, 5) is 2.65. The Labute approximate surface area is 208 Å². The number of hydrogen-bond acceptors (Lipinski definition) is 2. The molecular weight excluding hydrogens is 414 g/mol. The Kier molecular flexibility index (Phi) is 9.36. The number of benzene rings is 3. The van der Waals surface area contributed by atoms with Crippen LogP contribution in [0, 0.1) is 11.8 Å². The van der Waals surface area contributed by atoms with E-state index in [4.69, 9.17) is 4.74 Å². The number of rotatable bonds is 12. The summed E-state index contributed by atoms with van der Waals surface area (Å²) in [6.45, 7) is 14.8. The summed E-state index contributed by atoms with van der Waals surface area (Å²) in [7, 11) is 0. The summed E-state index contributed by atoms with van der Waals surface area (Å²) in [5.41, 5.74) is 2.40. The van der Waals surface area contributed by atoms with E-state index in [1.54, 1.807) is 0 Å². The highest BCUT2D eigenvalue weighted by molar-refractivity contribution is 5.24. The van der Waals surface area contributed by atoms with Crippen LogP contribution < -0.4 is 4.74 Å². The van der Waals surface area contributed by atoms with Crippen LogP contribution in [0.25, 0.3) is 0 Å². The fourth-order valence-corrected chi connectivity index (χ4v) is 5.34. The minimum Gasteiger partial charge on any atom is -0.486 e. The van der Waals surface area contributed by atoms with Gasteiger partial charge in [-0.05, 0) is 61.8 Å². The molecular formula is C32H43NO. The van der Waals surface area contributed by atoms with Crippen molar-refractivity contribution >= 4 is 0 Å². The standard InChI is InChI=1S/C32H43NO/c1-25(2)22-32(23-26(3)4,34-31-20-14-9-15-21-31)24-33(27(5)29-16-10-7-11-17-29)28(6)30-18-12-8-13-19-30/h7-21,25-28H,22-24H2,1-6H3. The first-order valence-electron chi connectivity index (χ1n) is 12.9. The lowest BCUT2D eigenvalue weighted by atomic mass is 9.83. The molecule has 0 radical (unpaired) electrons. The Bertz CT molecular complexity index is 897. The summed E-state index contributed by atoms with van der Waals surface area (Å²) in [5.74, 6) is 2.02. The molecule has 0 heterocycles. The zero-order chi connectivity index (χ0) is 24.6. The molecule has 0 saturated carbocycles. The van der Waals surface area contributed by atoms with Crippen molar-refractivity contribution in [2.24, 2.45) is 11.8 Å². The molecule has 0 saturated heterocycles. The van der Waals surface area contributed by atoms with Gasteiger partial charge in [-0.2, -0.15) is 0 Å². The Balaban J connectivity index is 2.05. The lowest BCUT2D eigenvalue weighted by Crippen LogP contribution is -2.50. The Morgan fingerprint density at radius 3 is 1.35 bits per heavy atom. The Morgan fingerprint density at radius 2 is 0.971 bits per heavy atom. The van der Waals surface area contributed by atoms with Crippen molar-refractivity contribution in [1.29, 1.82) is 0 Å². The van der Waals surface area contributed by atoms with Gasteiger partial charge in [-0.15, -0.1) is 0 Å². The first-order valence-corrected chi connectivity index (χ1v) is 12.9. The summed E-state index contributed by atoms with van der Waals surface area (Å²) < 4.78 is 6.98. The minimum atomic E-state index is -0.282. The van der Waals surface area contributed by atoms with E-state index in [-0.39, 0.29) is 17.7 Å². The lowest BCUT2D eigenvalue weighted by Gasteiger charge is -2.45. The maximum Gasteiger partial charge on any atom is 0.122 e. The van der Waals surface area contributed by atoms with Gasteiger partial charge in [0.25, 0.3) is 0 Å². The highest BCUT2D eigenvalue weighted by Gasteiger charge is 2.39. The Morgan fingerprint density at radius 1 is 0.588 bits per heavy atom. The zero-order valence-electron chi connectivity index (χ0n) is 21.9. The monoisotopic (exact) mass is 457 g/mol. The van der Waals surface area contributed by atoms with Crippen LogP contribution in [0.15, 0.2) is 91.0 Å². The van der Waals surface area contributed by atoms with Crippen LogP contribution in [0.5, 0.6) is 5.75 Å². The van der Waals surface area contributed by atoms with Crippen molar-refractivity contribution in [2.75, 3.05) is 6.54 Å². The molecule has 0 aromatic heterocycles. The molecule has 3 aromatic carbocycles. The van der Waals surface area contributed by atoms with Gasteiger partial charge in [-0.25, -0.2) is 0 Å². The maximum absolute atomic E-state index is 6.98. The SMILES string of the molecule is CC(C)CC(CC(C)C)(CN(C(C)c1ccccc1)C(C)c1ccccc1)Oc1ccccc1. The molecule has 0 amide bonds. The fraction of sp³-hybridized carbons (Fsp3) is 0.438. The first-order chi connectivity index (χ1) is 16.3. The largest absolute Gasteiger partial charge is 0.486 e. The molecule has 3 aromatic rings. The third-order valence-electron chi connectivity index (χ3n) is 6.67. The summed E-state index contributed by atoms with van der Waals surface area (Å²) >= 11 is 0. The number of para-hydroxylation sites is 1. The van der Waals surface area contributed by atoms with Gasteiger partial charge in [0.1, 0.15) is 11.4 Å². The number of ether oxygens (including phenoxy) is 1. The molecule has 0 aliphatic heterocycles. The van der Waals surface area contributed by atoms with E-state index >= 15 is 0 Å². The van der Waals surface area contributed by atoms with Gasteiger partial charge in [0.05, 0.1) is 0 Å². The molecule has 0 aliphatic carbocycles. The third kappa shape index (κ3) is 7.21. The predicted molar refractivity (Wildman–Crippen MR) is 145 cm³/mol. The molecule has 2 unspecified atom stereocenters. The highest BCUT2D eigenvalue weighted by Crippen LogP contribution is 2.38. The number of nitrogens with zero attached hydrogens (tertiary/aromatic N) is 1. The van der Waals surface area contributed by atoms with Gasteiger partial charge >= 0.3 is 0 Å². The second-order valence-corrected chi connectivity index (χ2v) is 10.6. The molecule has 0 fully saturated rings. The van der Waals surface area contributed by atoms with Crippen LogP contribution in [0.1, 0.15) is 77.6 Å². The molecule has 0 spiro atoms. The van der Waals surface area contributed by atoms with Crippen LogP contribution >= 0.6 is 0 Å². The van der Waals surface area contributed by atoms with E-state index in [0.717, 1.165) is 25.1 Å². The minimum absolute atomic E-state index is 0.259. The Hall–Kier alpha value is -2.58. The second kappa shape index (κ2) is 12.2. The molecule has 0 bridgehead atoms. The van der Waals surface area contributed by atoms with Gasteiger partial charge < -0.3 is 4.74 Å². The molecule has 0 N–H and O–H groups in total. The molecule has 0 aliphatic rings. The molecule has 34 heavy (non-hydrogen) atoms. The predicted octanol–water partition coefficient (Wildman–Crippen LogP) is 8.72. The fourth-order valence-electron chi connectivity index (χ4n) is 5.34. The van der Waals surface area contributed by atoms with Crippen molar-refractivity contribution in [3.05, 3.63) is 102 Å². The summed E-state index contributed by atoms with van der Waals surface area (Å²) in [6, 6.07) is 32.7. The molecule has 2 heteroatoms. The molecule has 2 nitrogen and oxygen atoms in total. The highest BCUT2D eigenvalue weighted by atomic mass is 16.5. The molecule has 3 rings (SSSR count). The quantitative estimate of drug-likeness (QED) is 0.269. The van der Waals surface area contributed by atoms with E-state index in [9.17, 15) is 0 Å². The van der Waals surface area contributed by atoms with Gasteiger partial charge in [0.15, 0.2) is 0 Å². The van der Waals surface area contributed by atoms with Crippen molar-refractivity contribution in [3.8, 4) is 5.75 Å². The van der Waals surface area contributed by atoms with Crippen LogP contribution in [0.3, 0.4) is 0 Å². The van der Waals surface area contributed by atoms with Gasteiger partial charge in [0.2, 0.25) is 0 Å². The number of hydrogen-bond donors (Lipinski definition) is 0. The smallest absolute Gasteiger partial charge is 0.122 e. The second-order valence-electron chi connectivity index (χ2n) is 10.6. The first kappa shape index (κ1) is 26.0. The van der Waals surface area contributed by atoms with E-state index in [0.29, 0.717) is 11.8 Å². The maximum atomic E-state index is 6.98. The average Bonchev–Trinajstić information content (AvgIpc) is 2.82. The van der Waals surface area contributed by atoms with Crippen molar-refractivity contribution < 1.29 is 4.74 Å². The summed E-state index contributed by atoms with van der Waals surface area (Å²) in [6.07, 6.45) is 2.03. The van der Waals surface area contributed by atoms with Crippen molar-refractivity contribution in [2.45, 2.75) is 72.1 Å². The molecule has 2 atom stereocenters. The summed E-state index contributed by atoms with van der Waals surface area (Å²) in [5, 5.41) is 0. The van der Waals surface area contributed by atoms with E-state index < -0.39 is 0 Å². The van der Waals surface area contributed by atoms with Gasteiger partial charge in [-0.3, -0.25) is 4.90 Å². The third-order valence-corrected chi connectivity index (χ3v) is 6.67. The van der Waals surface area contributed by atoms with Crippen LogP contribution in [0.4, 0.5) is 0 Å². The average molecular weight is 458 g/mol. The van der Waals surface area contributed by atoms with Crippen LogP contribution in [-0.4, -0.2) is 17.0 Å². The van der Waals surface area contributed by atoms with Gasteiger partial charge in [-0.1, -0.05) is 107 Å². The van der Waals surface area contributed by atoms with Crippen molar-refractivity contribution in [3.63, 3.8) is 0 Å². The van der Waals surface area contributed by atoms with Gasteiger partial charge in [0, 0.05) is 18.6 Å². The lowest BCUT2D eigenvalue weighted by molar-refractivity contribution is -0.0283. The normalized spacial score (nSPS) is 13.9. The topological polar surface area (TPSA) is 12.5 Å². The zero-order valence-corrected chi connectivity index (χ0v) is 21.9. The van der Waals surface area contributed by atoms with E-state index in [1.165, 1.54) is 11.1 Å². The van der Waals surface area contributed by atoms with Crippen molar-refractivity contribution in [1.82, 2.24) is 4.90 Å². The molecule has 182 valence electrons. The van der Waals surface area contributed by atoms with E-state index in [2.05, 4.69) is 137 Å². The van der Waals surface area contributed by atoms with E-state index in [1.807, 2.05) is 0 Å².